The average Bonchev–Trinajstić information content (AvgIpc) is 2.59. The van der Waals surface area contributed by atoms with Gasteiger partial charge in [0.1, 0.15) is 0 Å². The number of benzene rings is 2. The molecule has 120 valence electrons. The van der Waals surface area contributed by atoms with Gasteiger partial charge in [-0.05, 0) is 18.9 Å². The van der Waals surface area contributed by atoms with E-state index in [-0.39, 0.29) is 24.2 Å². The van der Waals surface area contributed by atoms with Crippen molar-refractivity contribution in [3.05, 3.63) is 70.8 Å². The Bertz CT molecular complexity index is 692. The van der Waals surface area contributed by atoms with Crippen LogP contribution in [0.4, 0.5) is 0 Å². The number of amides is 1. The standard InChI is InChI=1S/C19H21NO3/c1-13-7-9-15(10-8-13)18(22)16-5-3-4-6-17(16)19(23)20-11-14(2)12-21/h3-10,14,21H,11-12H2,1-2H3,(H,20,23). The molecule has 2 aromatic rings. The molecule has 2 rings (SSSR count). The van der Waals surface area contributed by atoms with E-state index in [2.05, 4.69) is 5.32 Å². The molecule has 2 N–H and O–H groups in total. The molecule has 0 aliphatic heterocycles. The highest BCUT2D eigenvalue weighted by Gasteiger charge is 2.18. The van der Waals surface area contributed by atoms with Gasteiger partial charge in [0.25, 0.3) is 5.91 Å². The fourth-order valence-electron chi connectivity index (χ4n) is 2.17. The Kier molecular flexibility index (Phi) is 5.66. The molecular formula is C19H21NO3. The first-order valence-electron chi connectivity index (χ1n) is 7.62. The van der Waals surface area contributed by atoms with Crippen molar-refractivity contribution in [2.75, 3.05) is 13.2 Å². The van der Waals surface area contributed by atoms with Gasteiger partial charge in [-0.15, -0.1) is 0 Å². The number of aliphatic hydroxyl groups is 1. The fourth-order valence-corrected chi connectivity index (χ4v) is 2.17. The maximum Gasteiger partial charge on any atom is 0.252 e. The molecule has 1 amide bonds. The molecule has 1 atom stereocenters. The smallest absolute Gasteiger partial charge is 0.252 e. The minimum atomic E-state index is -0.304. The summed E-state index contributed by atoms with van der Waals surface area (Å²) in [6, 6.07) is 14.1. The molecular weight excluding hydrogens is 290 g/mol. The van der Waals surface area contributed by atoms with Gasteiger partial charge in [0.2, 0.25) is 0 Å². The van der Waals surface area contributed by atoms with E-state index in [4.69, 9.17) is 5.11 Å². The maximum atomic E-state index is 12.7. The molecule has 0 bridgehead atoms. The third-order valence-electron chi connectivity index (χ3n) is 3.65. The van der Waals surface area contributed by atoms with Crippen molar-refractivity contribution in [1.82, 2.24) is 5.32 Å². The summed E-state index contributed by atoms with van der Waals surface area (Å²) >= 11 is 0. The number of hydrogen-bond acceptors (Lipinski definition) is 3. The lowest BCUT2D eigenvalue weighted by Gasteiger charge is -2.12. The Morgan fingerprint density at radius 1 is 1.04 bits per heavy atom. The molecule has 0 saturated carbocycles. The molecule has 0 aliphatic carbocycles. The van der Waals surface area contributed by atoms with Crippen LogP contribution < -0.4 is 5.32 Å². The van der Waals surface area contributed by atoms with Crippen LogP contribution in [0.3, 0.4) is 0 Å². The van der Waals surface area contributed by atoms with Gasteiger partial charge in [-0.1, -0.05) is 55.0 Å². The molecule has 0 spiro atoms. The van der Waals surface area contributed by atoms with Gasteiger partial charge < -0.3 is 10.4 Å². The van der Waals surface area contributed by atoms with Crippen molar-refractivity contribution in [2.24, 2.45) is 5.92 Å². The van der Waals surface area contributed by atoms with E-state index in [1.54, 1.807) is 36.4 Å². The molecule has 0 aliphatic rings. The Morgan fingerprint density at radius 3 is 2.26 bits per heavy atom. The molecule has 0 fully saturated rings. The largest absolute Gasteiger partial charge is 0.396 e. The van der Waals surface area contributed by atoms with Crippen LogP contribution in [0.1, 0.15) is 38.8 Å². The lowest BCUT2D eigenvalue weighted by Crippen LogP contribution is -2.30. The van der Waals surface area contributed by atoms with Crippen molar-refractivity contribution in [2.45, 2.75) is 13.8 Å². The lowest BCUT2D eigenvalue weighted by atomic mass is 9.97. The van der Waals surface area contributed by atoms with Crippen molar-refractivity contribution in [1.29, 1.82) is 0 Å². The number of carbonyl (C=O) groups is 2. The Morgan fingerprint density at radius 2 is 1.65 bits per heavy atom. The second kappa shape index (κ2) is 7.70. The second-order valence-electron chi connectivity index (χ2n) is 5.74. The summed E-state index contributed by atoms with van der Waals surface area (Å²) in [6.07, 6.45) is 0. The fraction of sp³-hybridized carbons (Fsp3) is 0.263. The van der Waals surface area contributed by atoms with Crippen molar-refractivity contribution in [3.8, 4) is 0 Å². The van der Waals surface area contributed by atoms with Gasteiger partial charge in [-0.2, -0.15) is 0 Å². The topological polar surface area (TPSA) is 66.4 Å². The van der Waals surface area contributed by atoms with Gasteiger partial charge in [-0.3, -0.25) is 9.59 Å². The highest BCUT2D eigenvalue weighted by Crippen LogP contribution is 2.15. The van der Waals surface area contributed by atoms with Gasteiger partial charge in [0, 0.05) is 24.3 Å². The maximum absolute atomic E-state index is 12.7. The summed E-state index contributed by atoms with van der Waals surface area (Å²) in [5.74, 6) is -0.508. The number of ketones is 1. The summed E-state index contributed by atoms with van der Waals surface area (Å²) in [6.45, 7) is 4.16. The highest BCUT2D eigenvalue weighted by molar-refractivity contribution is 6.15. The van der Waals surface area contributed by atoms with E-state index >= 15 is 0 Å². The van der Waals surface area contributed by atoms with Crippen LogP contribution in [0.25, 0.3) is 0 Å². The van der Waals surface area contributed by atoms with Gasteiger partial charge in [0.05, 0.1) is 5.56 Å². The monoisotopic (exact) mass is 311 g/mol. The van der Waals surface area contributed by atoms with Crippen molar-refractivity contribution >= 4 is 11.7 Å². The third-order valence-corrected chi connectivity index (χ3v) is 3.65. The lowest BCUT2D eigenvalue weighted by molar-refractivity contribution is 0.0932. The van der Waals surface area contributed by atoms with Crippen LogP contribution in [0.15, 0.2) is 48.5 Å². The van der Waals surface area contributed by atoms with E-state index in [1.807, 2.05) is 26.0 Å². The molecule has 2 aromatic carbocycles. The minimum Gasteiger partial charge on any atom is -0.396 e. The number of aliphatic hydroxyl groups excluding tert-OH is 1. The molecule has 0 radical (unpaired) electrons. The first-order valence-corrected chi connectivity index (χ1v) is 7.62. The van der Waals surface area contributed by atoms with Crippen LogP contribution in [0, 0.1) is 12.8 Å². The summed E-state index contributed by atoms with van der Waals surface area (Å²) in [7, 11) is 0. The van der Waals surface area contributed by atoms with E-state index in [0.29, 0.717) is 23.2 Å². The molecule has 4 nitrogen and oxygen atoms in total. The van der Waals surface area contributed by atoms with E-state index in [1.165, 1.54) is 0 Å². The average molecular weight is 311 g/mol. The number of rotatable bonds is 6. The Balaban J connectivity index is 2.24. The zero-order chi connectivity index (χ0) is 16.8. The van der Waals surface area contributed by atoms with Gasteiger partial charge in [0.15, 0.2) is 5.78 Å². The van der Waals surface area contributed by atoms with Crippen molar-refractivity contribution < 1.29 is 14.7 Å². The predicted octanol–water partition coefficient (Wildman–Crippen LogP) is 2.58. The number of aryl methyl sites for hydroxylation is 1. The zero-order valence-corrected chi connectivity index (χ0v) is 13.4. The van der Waals surface area contributed by atoms with Crippen LogP contribution in [0.2, 0.25) is 0 Å². The third kappa shape index (κ3) is 4.27. The zero-order valence-electron chi connectivity index (χ0n) is 13.4. The highest BCUT2D eigenvalue weighted by atomic mass is 16.3. The first-order chi connectivity index (χ1) is 11.0. The van der Waals surface area contributed by atoms with Crippen LogP contribution in [-0.4, -0.2) is 29.9 Å². The predicted molar refractivity (Wildman–Crippen MR) is 89.6 cm³/mol. The molecule has 0 aromatic heterocycles. The van der Waals surface area contributed by atoms with E-state index < -0.39 is 0 Å². The molecule has 0 heterocycles. The van der Waals surface area contributed by atoms with E-state index in [9.17, 15) is 9.59 Å². The number of carbonyl (C=O) groups excluding carboxylic acids is 2. The SMILES string of the molecule is Cc1ccc(C(=O)c2ccccc2C(=O)NCC(C)CO)cc1. The number of nitrogens with one attached hydrogen (secondary N) is 1. The summed E-state index contributed by atoms with van der Waals surface area (Å²) in [5, 5.41) is 11.8. The molecule has 0 saturated heterocycles. The van der Waals surface area contributed by atoms with Crippen molar-refractivity contribution in [3.63, 3.8) is 0 Å². The number of hydrogen-bond donors (Lipinski definition) is 2. The minimum absolute atomic E-state index is 0.00419. The summed E-state index contributed by atoms with van der Waals surface area (Å²) < 4.78 is 0. The van der Waals surface area contributed by atoms with Gasteiger partial charge in [-0.25, -0.2) is 0 Å². The quantitative estimate of drug-likeness (QED) is 0.806. The van der Waals surface area contributed by atoms with Crippen LogP contribution >= 0.6 is 0 Å². The Labute approximate surface area is 136 Å². The molecule has 4 heteroatoms. The molecule has 1 unspecified atom stereocenters. The molecule has 23 heavy (non-hydrogen) atoms. The van der Waals surface area contributed by atoms with Crippen LogP contribution in [-0.2, 0) is 0 Å². The van der Waals surface area contributed by atoms with E-state index in [0.717, 1.165) is 5.56 Å². The normalized spacial score (nSPS) is 11.8. The van der Waals surface area contributed by atoms with Crippen LogP contribution in [0.5, 0.6) is 0 Å². The van der Waals surface area contributed by atoms with Gasteiger partial charge >= 0.3 is 0 Å². The summed E-state index contributed by atoms with van der Waals surface area (Å²) in [5.41, 5.74) is 2.36. The first kappa shape index (κ1) is 16.9. The summed E-state index contributed by atoms with van der Waals surface area (Å²) in [4.78, 5) is 25.0. The second-order valence-corrected chi connectivity index (χ2v) is 5.74. The Hall–Kier alpha value is -2.46.